The Kier molecular flexibility index (Phi) is 4.75. The molecule has 0 N–H and O–H groups in total. The molecule has 0 radical (unpaired) electrons. The number of nitrogens with zero attached hydrogens (tertiary/aromatic N) is 2. The number of thiazole rings is 1. The number of hydrogen-bond acceptors (Lipinski definition) is 3. The van der Waals surface area contributed by atoms with Crippen molar-refractivity contribution in [2.45, 2.75) is 0 Å². The van der Waals surface area contributed by atoms with E-state index in [1.807, 2.05) is 30.3 Å². The average Bonchev–Trinajstić information content (AvgIpc) is 2.98. The lowest BCUT2D eigenvalue weighted by Crippen LogP contribution is -2.13. The van der Waals surface area contributed by atoms with E-state index in [-0.39, 0.29) is 10.3 Å². The molecule has 4 rings (SSSR count). The van der Waals surface area contributed by atoms with E-state index < -0.39 is 17.5 Å². The first-order valence-corrected chi connectivity index (χ1v) is 9.19. The predicted molar refractivity (Wildman–Crippen MR) is 104 cm³/mol. The van der Waals surface area contributed by atoms with Crippen molar-refractivity contribution >= 4 is 27.5 Å². The number of hydrogen-bond donors (Lipinski definition) is 0. The Morgan fingerprint density at radius 2 is 1.68 bits per heavy atom. The summed E-state index contributed by atoms with van der Waals surface area (Å²) in [5.41, 5.74) is 0.578. The summed E-state index contributed by atoms with van der Waals surface area (Å²) in [6.07, 6.45) is 0. The second-order valence-corrected chi connectivity index (χ2v) is 7.04. The lowest BCUT2D eigenvalue weighted by Gasteiger charge is -2.05. The van der Waals surface area contributed by atoms with Gasteiger partial charge in [-0.3, -0.25) is 4.79 Å². The van der Waals surface area contributed by atoms with Crippen LogP contribution in [-0.2, 0) is 7.05 Å². The number of aromatic nitrogens is 1. The van der Waals surface area contributed by atoms with Crippen LogP contribution < -0.4 is 9.54 Å². The first kappa shape index (κ1) is 18.1. The summed E-state index contributed by atoms with van der Waals surface area (Å²) in [6.45, 7) is 0. The first-order valence-electron chi connectivity index (χ1n) is 8.38. The van der Waals surface area contributed by atoms with Crippen molar-refractivity contribution in [1.29, 1.82) is 0 Å². The number of fused-ring (bicyclic) bond motifs is 1. The van der Waals surface area contributed by atoms with E-state index in [2.05, 4.69) is 4.99 Å². The molecule has 0 aliphatic heterocycles. The second-order valence-electron chi connectivity index (χ2n) is 6.03. The van der Waals surface area contributed by atoms with Gasteiger partial charge in [0, 0.05) is 18.7 Å². The molecule has 1 heterocycles. The van der Waals surface area contributed by atoms with Crippen LogP contribution in [0.2, 0.25) is 0 Å². The van der Waals surface area contributed by atoms with Crippen LogP contribution in [0.25, 0.3) is 10.2 Å². The van der Waals surface area contributed by atoms with Crippen LogP contribution in [0.1, 0.15) is 10.4 Å². The molecule has 28 heavy (non-hydrogen) atoms. The van der Waals surface area contributed by atoms with E-state index in [9.17, 15) is 13.6 Å². The number of ether oxygens (including phenoxy) is 1. The highest BCUT2D eigenvalue weighted by molar-refractivity contribution is 7.16. The normalized spacial score (nSPS) is 11.8. The highest BCUT2D eigenvalue weighted by Gasteiger charge is 2.12. The van der Waals surface area contributed by atoms with Crippen molar-refractivity contribution in [3.05, 3.63) is 88.7 Å². The minimum atomic E-state index is -0.690. The molecule has 0 saturated carbocycles. The molecule has 4 nitrogen and oxygen atoms in total. The van der Waals surface area contributed by atoms with Gasteiger partial charge in [-0.15, -0.1) is 0 Å². The molecule has 140 valence electrons. The van der Waals surface area contributed by atoms with Crippen molar-refractivity contribution in [3.8, 4) is 11.5 Å². The smallest absolute Gasteiger partial charge is 0.279 e. The summed E-state index contributed by atoms with van der Waals surface area (Å²) in [6, 6.07) is 17.9. The lowest BCUT2D eigenvalue weighted by molar-refractivity contribution is 0.0998. The molecule has 0 aliphatic rings. The molecular weight excluding hydrogens is 382 g/mol. The van der Waals surface area contributed by atoms with E-state index in [0.717, 1.165) is 17.4 Å². The topological polar surface area (TPSA) is 43.6 Å². The zero-order valence-electron chi connectivity index (χ0n) is 14.7. The third-order valence-electron chi connectivity index (χ3n) is 4.09. The Morgan fingerprint density at radius 3 is 2.39 bits per heavy atom. The van der Waals surface area contributed by atoms with Gasteiger partial charge in [0.25, 0.3) is 5.91 Å². The first-order chi connectivity index (χ1) is 13.5. The standard InChI is InChI=1S/C21H14F2N2O2S/c1-25-19-17(23)11-14(22)12-18(19)28-21(25)24-20(26)13-7-9-16(10-8-13)27-15-5-3-2-4-6-15/h2-12H,1H3. The molecule has 3 aromatic carbocycles. The highest BCUT2D eigenvalue weighted by Crippen LogP contribution is 2.23. The van der Waals surface area contributed by atoms with Gasteiger partial charge in [-0.05, 0) is 42.5 Å². The molecule has 1 amide bonds. The number of benzene rings is 3. The summed E-state index contributed by atoms with van der Waals surface area (Å²) in [5.74, 6) is -0.552. The van der Waals surface area contributed by atoms with Crippen LogP contribution in [-0.4, -0.2) is 10.5 Å². The number of rotatable bonds is 3. The SMILES string of the molecule is Cn1c(=NC(=O)c2ccc(Oc3ccccc3)cc2)sc2cc(F)cc(F)c21. The number of amides is 1. The Labute approximate surface area is 163 Å². The zero-order chi connectivity index (χ0) is 19.7. The van der Waals surface area contributed by atoms with Crippen molar-refractivity contribution in [2.24, 2.45) is 12.0 Å². The molecule has 7 heteroatoms. The molecule has 0 unspecified atom stereocenters. The quantitative estimate of drug-likeness (QED) is 0.486. The van der Waals surface area contributed by atoms with Crippen molar-refractivity contribution in [3.63, 3.8) is 0 Å². The number of carbonyl (C=O) groups is 1. The van der Waals surface area contributed by atoms with Gasteiger partial charge in [0.1, 0.15) is 17.3 Å². The molecule has 0 fully saturated rings. The van der Waals surface area contributed by atoms with Crippen LogP contribution in [0.15, 0.2) is 71.7 Å². The Hall–Kier alpha value is -3.32. The summed E-state index contributed by atoms with van der Waals surface area (Å²) >= 11 is 1.05. The van der Waals surface area contributed by atoms with Gasteiger partial charge in [-0.1, -0.05) is 29.5 Å². The number of carbonyl (C=O) groups excluding carboxylic acids is 1. The lowest BCUT2D eigenvalue weighted by atomic mass is 10.2. The van der Waals surface area contributed by atoms with Gasteiger partial charge in [0.15, 0.2) is 10.6 Å². The van der Waals surface area contributed by atoms with Crippen molar-refractivity contribution in [2.75, 3.05) is 0 Å². The van der Waals surface area contributed by atoms with Crippen LogP contribution in [0.3, 0.4) is 0 Å². The summed E-state index contributed by atoms with van der Waals surface area (Å²) in [5, 5.41) is 0. The van der Waals surface area contributed by atoms with Gasteiger partial charge >= 0.3 is 0 Å². The second kappa shape index (κ2) is 7.36. The van der Waals surface area contributed by atoms with Crippen LogP contribution in [0.5, 0.6) is 11.5 Å². The average molecular weight is 396 g/mol. The third kappa shape index (κ3) is 3.57. The van der Waals surface area contributed by atoms with Crippen LogP contribution in [0.4, 0.5) is 8.78 Å². The monoisotopic (exact) mass is 396 g/mol. The third-order valence-corrected chi connectivity index (χ3v) is 5.17. The highest BCUT2D eigenvalue weighted by atomic mass is 32.1. The maximum atomic E-state index is 14.0. The Balaban J connectivity index is 1.62. The van der Waals surface area contributed by atoms with Gasteiger partial charge < -0.3 is 9.30 Å². The van der Waals surface area contributed by atoms with Crippen molar-refractivity contribution in [1.82, 2.24) is 4.57 Å². The minimum absolute atomic E-state index is 0.213. The molecule has 0 aliphatic carbocycles. The largest absolute Gasteiger partial charge is 0.457 e. The molecule has 0 saturated heterocycles. The molecule has 0 bridgehead atoms. The van der Waals surface area contributed by atoms with Crippen molar-refractivity contribution < 1.29 is 18.3 Å². The molecule has 4 aromatic rings. The molecular formula is C21H14F2N2O2S. The Bertz CT molecular complexity index is 1230. The summed E-state index contributed by atoms with van der Waals surface area (Å²) < 4.78 is 34.9. The van der Waals surface area contributed by atoms with Crippen LogP contribution >= 0.6 is 11.3 Å². The van der Waals surface area contributed by atoms with Gasteiger partial charge in [-0.2, -0.15) is 4.99 Å². The molecule has 0 atom stereocenters. The number of para-hydroxylation sites is 1. The maximum absolute atomic E-state index is 14.0. The number of halogens is 2. The Morgan fingerprint density at radius 1 is 1.00 bits per heavy atom. The summed E-state index contributed by atoms with van der Waals surface area (Å²) in [4.78, 5) is 16.8. The maximum Gasteiger partial charge on any atom is 0.279 e. The van der Waals surface area contributed by atoms with Gasteiger partial charge in [-0.25, -0.2) is 8.78 Å². The summed E-state index contributed by atoms with van der Waals surface area (Å²) in [7, 11) is 1.59. The zero-order valence-corrected chi connectivity index (χ0v) is 15.5. The van der Waals surface area contributed by atoms with E-state index in [0.29, 0.717) is 21.8 Å². The molecule has 0 spiro atoms. The van der Waals surface area contributed by atoms with E-state index in [4.69, 9.17) is 4.74 Å². The fourth-order valence-electron chi connectivity index (χ4n) is 2.75. The van der Waals surface area contributed by atoms with E-state index >= 15 is 0 Å². The number of aryl methyl sites for hydroxylation is 1. The fourth-order valence-corrected chi connectivity index (χ4v) is 3.80. The van der Waals surface area contributed by atoms with E-state index in [1.165, 1.54) is 10.6 Å². The fraction of sp³-hybridized carbons (Fsp3) is 0.0476. The van der Waals surface area contributed by atoms with Gasteiger partial charge in [0.2, 0.25) is 0 Å². The van der Waals surface area contributed by atoms with E-state index in [1.54, 1.807) is 31.3 Å². The predicted octanol–water partition coefficient (Wildman–Crippen LogP) is 5.05. The van der Waals surface area contributed by atoms with Crippen LogP contribution in [0, 0.1) is 11.6 Å². The van der Waals surface area contributed by atoms with Gasteiger partial charge in [0.05, 0.1) is 10.2 Å². The molecule has 1 aromatic heterocycles. The minimum Gasteiger partial charge on any atom is -0.457 e.